The summed E-state index contributed by atoms with van der Waals surface area (Å²) < 4.78 is 47.0. The van der Waals surface area contributed by atoms with E-state index in [1.54, 1.807) is 43.3 Å². The van der Waals surface area contributed by atoms with Crippen LogP contribution in [0.2, 0.25) is 0 Å². The Morgan fingerprint density at radius 2 is 1.75 bits per heavy atom. The van der Waals surface area contributed by atoms with Gasteiger partial charge in [0.1, 0.15) is 17.4 Å². The van der Waals surface area contributed by atoms with Gasteiger partial charge in [-0.15, -0.1) is 0 Å². The Morgan fingerprint density at radius 3 is 2.49 bits per heavy atom. The van der Waals surface area contributed by atoms with Crippen LogP contribution in [0.4, 0.5) is 0 Å². The number of benzene rings is 2. The largest absolute Gasteiger partial charge is 0.487 e. The van der Waals surface area contributed by atoms with Gasteiger partial charge >= 0.3 is 7.12 Å². The molecule has 3 aliphatic heterocycles. The number of unbranched alkanes of at least 4 members (excludes halogenated alkanes) is 1. The van der Waals surface area contributed by atoms with Crippen LogP contribution in [-0.4, -0.2) is 105 Å². The summed E-state index contributed by atoms with van der Waals surface area (Å²) in [6.07, 6.45) is 6.55. The number of amides is 4. The van der Waals surface area contributed by atoms with Gasteiger partial charge in [-0.3, -0.25) is 24.2 Å². The molecule has 1 unspecified atom stereocenters. The first kappa shape index (κ1) is 48.2. The molecule has 17 nitrogen and oxygen atoms in total. The van der Waals surface area contributed by atoms with Crippen molar-refractivity contribution in [1.82, 2.24) is 25.6 Å². The van der Waals surface area contributed by atoms with Crippen molar-refractivity contribution in [3.63, 3.8) is 0 Å². The van der Waals surface area contributed by atoms with Crippen LogP contribution in [0.1, 0.15) is 121 Å². The molecule has 3 aliphatic carbocycles. The normalized spacial score (nSPS) is 25.9. The number of ether oxygens (including phenoxy) is 1. The average Bonchev–Trinajstić information content (AvgIpc) is 3.97. The number of fused-ring (bicyclic) bond motifs is 1. The molecule has 0 radical (unpaired) electrons. The lowest BCUT2D eigenvalue weighted by Crippen LogP contribution is -2.65. The number of aliphatic imine (C=N–C) groups is 1. The molecule has 3 heterocycles. The Kier molecular flexibility index (Phi) is 14.3. The van der Waals surface area contributed by atoms with Gasteiger partial charge in [-0.25, -0.2) is 13.1 Å². The Balaban J connectivity index is 0.741. The lowest BCUT2D eigenvalue weighted by molar-refractivity contribution is -0.199. The molecule has 65 heavy (non-hydrogen) atoms. The highest BCUT2D eigenvalue weighted by atomic mass is 32.2. The maximum absolute atomic E-state index is 13.7. The number of nitrogens with one attached hydrogen (secondary N) is 4. The average molecular weight is 919 g/mol. The highest BCUT2D eigenvalue weighted by Gasteiger charge is 2.69. The van der Waals surface area contributed by atoms with Crippen molar-refractivity contribution in [1.29, 1.82) is 0 Å². The van der Waals surface area contributed by atoms with Crippen molar-refractivity contribution in [2.75, 3.05) is 19.6 Å². The van der Waals surface area contributed by atoms with Crippen LogP contribution in [0.3, 0.4) is 0 Å². The topological polar surface area (TPSA) is 246 Å². The minimum Gasteiger partial charge on any atom is -0.487 e. The molecule has 4 amide bonds. The molecular formula is C46H67BN8O9S. The van der Waals surface area contributed by atoms with Crippen LogP contribution in [-0.2, 0) is 46.7 Å². The van der Waals surface area contributed by atoms with E-state index >= 15 is 0 Å². The molecule has 2 saturated heterocycles. The summed E-state index contributed by atoms with van der Waals surface area (Å²) in [6, 6.07) is 10.0. The van der Waals surface area contributed by atoms with Crippen molar-refractivity contribution < 1.29 is 41.6 Å². The first-order valence-electron chi connectivity index (χ1n) is 23.1. The molecule has 2 bridgehead atoms. The van der Waals surface area contributed by atoms with Crippen molar-refractivity contribution in [2.45, 2.75) is 153 Å². The Labute approximate surface area is 383 Å². The molecule has 7 atom stereocenters. The van der Waals surface area contributed by atoms with Gasteiger partial charge in [0.15, 0.2) is 0 Å². The number of hydrogen-bond donors (Lipinski definition) is 6. The molecule has 2 aromatic rings. The number of hydrogen-bond acceptors (Lipinski definition) is 11. The number of guanidine groups is 1. The molecule has 2 aromatic carbocycles. The standard InChI is InChI=1S/C46H67BN8O9S/c1-28(42(59)55-22-10-12-38(55)47-63-37-25-32-24-36(45(32,4)5)46(37,6)64-47)53-40(57)30-16-14-29(15-17-30)27-52-39(56)13-7-8-20-50-41(58)34(48)11-9-21-51-43(49)54-65(60,61)33-18-19-35-31(23-33)26-44(2,3)62-35/h14-19,23,28,32,34,36-38H,7-13,20-22,24-27,48H2,1-6H3,(H,50,58)(H,52,56)(H,53,57)(H3,49,51,54)/t28-,32+,34+,36+,37?,38+,46+/m1/s1. The fourth-order valence-electron chi connectivity index (χ4n) is 10.4. The van der Waals surface area contributed by atoms with Crippen molar-refractivity contribution >= 4 is 46.7 Å². The van der Waals surface area contributed by atoms with E-state index in [0.717, 1.165) is 36.8 Å². The zero-order valence-corrected chi connectivity index (χ0v) is 39.4. The third-order valence-corrected chi connectivity index (χ3v) is 15.6. The van der Waals surface area contributed by atoms with Crippen LogP contribution >= 0.6 is 0 Å². The number of nitrogens with zero attached hydrogens (tertiary/aromatic N) is 2. The van der Waals surface area contributed by atoms with E-state index in [9.17, 15) is 27.6 Å². The maximum atomic E-state index is 13.7. The minimum atomic E-state index is -3.94. The van der Waals surface area contributed by atoms with E-state index in [2.05, 4.69) is 46.4 Å². The summed E-state index contributed by atoms with van der Waals surface area (Å²) >= 11 is 0. The molecule has 6 aliphatic rings. The number of sulfonamides is 1. The van der Waals surface area contributed by atoms with Gasteiger partial charge < -0.3 is 46.4 Å². The molecule has 8 rings (SSSR count). The Hall–Kier alpha value is -4.72. The summed E-state index contributed by atoms with van der Waals surface area (Å²) in [5, 5.41) is 8.55. The number of carbonyl (C=O) groups excluding carboxylic acids is 4. The van der Waals surface area contributed by atoms with E-state index in [4.69, 9.17) is 25.5 Å². The summed E-state index contributed by atoms with van der Waals surface area (Å²) in [5.74, 6) is 0.317. The smallest absolute Gasteiger partial charge is 0.481 e. The van der Waals surface area contributed by atoms with Gasteiger partial charge in [-0.1, -0.05) is 26.0 Å². The van der Waals surface area contributed by atoms with Gasteiger partial charge in [-0.2, -0.15) is 0 Å². The van der Waals surface area contributed by atoms with Gasteiger partial charge in [-0.05, 0) is 138 Å². The second kappa shape index (κ2) is 19.3. The lowest BCUT2D eigenvalue weighted by atomic mass is 9.43. The number of likely N-dealkylation sites (tertiary alicyclic amines) is 1. The molecule has 354 valence electrons. The highest BCUT2D eigenvalue weighted by Crippen LogP contribution is 2.66. The van der Waals surface area contributed by atoms with Crippen LogP contribution < -0.4 is 36.9 Å². The van der Waals surface area contributed by atoms with Crippen LogP contribution in [0.25, 0.3) is 0 Å². The third-order valence-electron chi connectivity index (χ3n) is 14.3. The van der Waals surface area contributed by atoms with E-state index in [1.165, 1.54) is 6.07 Å². The number of nitrogens with two attached hydrogens (primary N) is 2. The van der Waals surface area contributed by atoms with E-state index in [1.807, 2.05) is 18.7 Å². The molecule has 8 N–H and O–H groups in total. The molecule has 19 heteroatoms. The SMILES string of the molecule is C[C@@H](NC(=O)c1ccc(CNC(=O)CCCCNC(=O)[C@@H](N)CCCN=C(N)NS(=O)(=O)c2ccc3c(c2)CC(C)(C)O3)cc1)C(=O)N1CCC[C@H]1B1OC2C[C@@H]3C[C@@H](C3(C)C)[C@]2(C)O1. The van der Waals surface area contributed by atoms with E-state index < -0.39 is 34.8 Å². The van der Waals surface area contributed by atoms with Crippen LogP contribution in [0.5, 0.6) is 5.75 Å². The van der Waals surface area contributed by atoms with Crippen LogP contribution in [0, 0.1) is 17.3 Å². The Bertz CT molecular complexity index is 2260. The zero-order valence-electron chi connectivity index (χ0n) is 38.6. The fourth-order valence-corrected chi connectivity index (χ4v) is 11.4. The zero-order chi connectivity index (χ0) is 46.9. The predicted octanol–water partition coefficient (Wildman–Crippen LogP) is 3.08. The third kappa shape index (κ3) is 10.8. The molecule has 3 saturated carbocycles. The van der Waals surface area contributed by atoms with Crippen molar-refractivity contribution in [3.8, 4) is 5.75 Å². The summed E-state index contributed by atoms with van der Waals surface area (Å²) in [6.45, 7) is 13.8. The highest BCUT2D eigenvalue weighted by molar-refractivity contribution is 7.90. The van der Waals surface area contributed by atoms with Gasteiger partial charge in [0.05, 0.1) is 28.6 Å². The van der Waals surface area contributed by atoms with Gasteiger partial charge in [0, 0.05) is 44.6 Å². The molecule has 5 fully saturated rings. The summed E-state index contributed by atoms with van der Waals surface area (Å²) in [7, 11) is -4.41. The minimum absolute atomic E-state index is 0.0422. The number of rotatable bonds is 18. The first-order chi connectivity index (χ1) is 30.7. The predicted molar refractivity (Wildman–Crippen MR) is 246 cm³/mol. The first-order valence-corrected chi connectivity index (χ1v) is 24.6. The fraction of sp³-hybridized carbons (Fsp3) is 0.630. The van der Waals surface area contributed by atoms with Crippen molar-refractivity contribution in [3.05, 3.63) is 59.2 Å². The second-order valence-electron chi connectivity index (χ2n) is 19.9. The summed E-state index contributed by atoms with van der Waals surface area (Å²) in [4.78, 5) is 57.9. The number of carbonyl (C=O) groups is 4. The van der Waals surface area contributed by atoms with E-state index in [-0.39, 0.29) is 77.1 Å². The quantitative estimate of drug-likeness (QED) is 0.0549. The molecule has 0 spiro atoms. The maximum Gasteiger partial charge on any atom is 0.481 e. The van der Waals surface area contributed by atoms with Crippen molar-refractivity contribution in [2.24, 2.45) is 33.7 Å². The second-order valence-corrected chi connectivity index (χ2v) is 21.6. The summed E-state index contributed by atoms with van der Waals surface area (Å²) in [5.41, 5.74) is 13.4. The van der Waals surface area contributed by atoms with Gasteiger partial charge in [0.25, 0.3) is 15.9 Å². The molecule has 0 aromatic heterocycles. The monoisotopic (exact) mass is 918 g/mol. The molecular weight excluding hydrogens is 851 g/mol. The van der Waals surface area contributed by atoms with Gasteiger partial charge in [0.2, 0.25) is 23.7 Å². The Morgan fingerprint density at radius 1 is 1.00 bits per heavy atom. The van der Waals surface area contributed by atoms with E-state index in [0.29, 0.717) is 68.3 Å². The van der Waals surface area contributed by atoms with Crippen LogP contribution in [0.15, 0.2) is 52.4 Å². The lowest BCUT2D eigenvalue weighted by Gasteiger charge is -2.64.